The van der Waals surface area contributed by atoms with Gasteiger partial charge in [0.15, 0.2) is 0 Å². The van der Waals surface area contributed by atoms with Gasteiger partial charge in [-0.25, -0.2) is 14.4 Å². The molecule has 2 heterocycles. The highest BCUT2D eigenvalue weighted by Crippen LogP contribution is 2.38. The van der Waals surface area contributed by atoms with Crippen LogP contribution in [0.5, 0.6) is 0 Å². The van der Waals surface area contributed by atoms with Gasteiger partial charge in [0, 0.05) is 34.9 Å². The zero-order valence-electron chi connectivity index (χ0n) is 17.3. The number of halogens is 3. The van der Waals surface area contributed by atoms with Crippen LogP contribution in [0.15, 0.2) is 39.7 Å². The fraction of sp³-hybridized carbons (Fsp3) is 0.250. The monoisotopic (exact) mass is 478 g/mol. The van der Waals surface area contributed by atoms with E-state index in [0.29, 0.717) is 48.3 Å². The van der Waals surface area contributed by atoms with E-state index in [0.717, 1.165) is 5.57 Å². The summed E-state index contributed by atoms with van der Waals surface area (Å²) >= 11 is 0. The summed E-state index contributed by atoms with van der Waals surface area (Å²) in [5.41, 5.74) is 1.62. The molecule has 4 rings (SSSR count). The highest BCUT2D eigenvalue weighted by atomic mass is 19.1. The number of carbonyl (C=O) groups excluding carboxylic acids is 3. The lowest BCUT2D eigenvalue weighted by molar-refractivity contribution is 0.154. The van der Waals surface area contributed by atoms with Crippen LogP contribution < -0.4 is 27.1 Å². The average Bonchev–Trinajstić information content (AvgIpc) is 3.24. The molecule has 0 atom stereocenters. The van der Waals surface area contributed by atoms with E-state index in [4.69, 9.17) is 0 Å². The number of aromatic nitrogens is 3. The highest BCUT2D eigenvalue weighted by Gasteiger charge is 2.39. The third-order valence-electron chi connectivity index (χ3n) is 5.65. The summed E-state index contributed by atoms with van der Waals surface area (Å²) in [6.07, 6.45) is -0.149. The van der Waals surface area contributed by atoms with Crippen LogP contribution in [0.1, 0.15) is 36.2 Å². The lowest BCUT2D eigenvalue weighted by Crippen LogP contribution is -2.65. The van der Waals surface area contributed by atoms with Crippen LogP contribution in [0.4, 0.5) is 27.6 Å². The molecule has 0 bridgehead atoms. The average molecular weight is 478 g/mol. The van der Waals surface area contributed by atoms with Crippen molar-refractivity contribution in [3.8, 4) is 0 Å². The van der Waals surface area contributed by atoms with Crippen molar-refractivity contribution >= 4 is 29.8 Å². The zero-order chi connectivity index (χ0) is 24.6. The van der Waals surface area contributed by atoms with Crippen molar-refractivity contribution in [3.63, 3.8) is 0 Å². The van der Waals surface area contributed by atoms with Crippen LogP contribution in [0.25, 0.3) is 11.3 Å². The molecule has 0 aromatic carbocycles. The Morgan fingerprint density at radius 2 is 1.47 bits per heavy atom. The molecule has 0 fully saturated rings. The molecule has 2 aromatic heterocycles. The van der Waals surface area contributed by atoms with Crippen LogP contribution >= 0.6 is 0 Å². The van der Waals surface area contributed by atoms with Crippen LogP contribution in [0.2, 0.25) is 0 Å². The van der Waals surface area contributed by atoms with Gasteiger partial charge in [0.05, 0.1) is 5.69 Å². The number of amides is 3. The summed E-state index contributed by atoms with van der Waals surface area (Å²) in [6.45, 7) is 0. The molecule has 0 radical (unpaired) electrons. The van der Waals surface area contributed by atoms with Gasteiger partial charge in [0.1, 0.15) is 0 Å². The molecule has 0 saturated heterocycles. The first-order valence-electron chi connectivity index (χ1n) is 9.98. The van der Waals surface area contributed by atoms with Gasteiger partial charge in [-0.3, -0.25) is 25.5 Å². The Balaban J connectivity index is 1.76. The van der Waals surface area contributed by atoms with Crippen LogP contribution in [-0.4, -0.2) is 33.0 Å². The first kappa shape index (κ1) is 22.8. The van der Waals surface area contributed by atoms with Crippen molar-refractivity contribution < 1.29 is 27.6 Å². The smallest absolute Gasteiger partial charge is 0.327 e. The first-order chi connectivity index (χ1) is 16.1. The molecule has 11 nitrogen and oxygen atoms in total. The Morgan fingerprint density at radius 3 is 2.09 bits per heavy atom. The van der Waals surface area contributed by atoms with Gasteiger partial charge in [0.25, 0.3) is 0 Å². The van der Waals surface area contributed by atoms with E-state index in [-0.39, 0.29) is 5.56 Å². The van der Waals surface area contributed by atoms with Gasteiger partial charge in [-0.1, -0.05) is 5.57 Å². The number of fused-ring (bicyclic) bond motifs is 2. The quantitative estimate of drug-likeness (QED) is 0.192. The maximum atomic E-state index is 13.2. The van der Waals surface area contributed by atoms with Gasteiger partial charge >= 0.3 is 29.6 Å². The summed E-state index contributed by atoms with van der Waals surface area (Å²) in [4.78, 5) is 61.7. The van der Waals surface area contributed by atoms with Gasteiger partial charge in [-0.05, 0) is 37.8 Å². The number of rotatable bonds is 5. The van der Waals surface area contributed by atoms with E-state index in [1.165, 1.54) is 39.0 Å². The van der Waals surface area contributed by atoms with Crippen molar-refractivity contribution in [1.29, 1.82) is 0 Å². The zero-order valence-corrected chi connectivity index (χ0v) is 17.3. The second-order valence-corrected chi connectivity index (χ2v) is 7.67. The Morgan fingerprint density at radius 1 is 0.882 bits per heavy atom. The molecule has 0 spiro atoms. The molecule has 34 heavy (non-hydrogen) atoms. The second-order valence-electron chi connectivity index (χ2n) is 7.67. The van der Waals surface area contributed by atoms with E-state index in [9.17, 15) is 37.1 Å². The van der Waals surface area contributed by atoms with Gasteiger partial charge in [-0.2, -0.15) is 0 Å². The number of nitrogens with zero attached hydrogens (tertiary/aromatic N) is 1. The molecule has 3 amide bonds. The minimum atomic E-state index is -2.74. The summed E-state index contributed by atoms with van der Waals surface area (Å²) in [5, 5.41) is 4.48. The van der Waals surface area contributed by atoms with Gasteiger partial charge in [0.2, 0.25) is 5.79 Å². The Bertz CT molecular complexity index is 1340. The second kappa shape index (κ2) is 8.53. The Kier molecular flexibility index (Phi) is 5.73. The number of carbonyl (C=O) groups is 3. The molecule has 0 unspecified atom stereocenters. The molecule has 2 aliphatic carbocycles. The standard InChI is InChI=1S/C20H17F3N6O5/c21-17(32)26-20(27-18(22)33,28-19(23)34)10-5-6-29(8-10)11-3-1-9-2-4-13-14(12(9)7-11)25-16(31)15(30)24-13/h5-8H,1-4H2,(H,24,30)(H,25,31)(H,26,32)(H,27,33)(H,28,34). The molecule has 2 aliphatic rings. The summed E-state index contributed by atoms with van der Waals surface area (Å²) in [7, 11) is 0. The van der Waals surface area contributed by atoms with Crippen LogP contribution in [-0.2, 0) is 12.2 Å². The predicted molar refractivity (Wildman–Crippen MR) is 111 cm³/mol. The van der Waals surface area contributed by atoms with Crippen molar-refractivity contribution in [1.82, 2.24) is 30.5 Å². The van der Waals surface area contributed by atoms with Crippen molar-refractivity contribution in [2.24, 2.45) is 0 Å². The Hall–Kier alpha value is -4.36. The largest absolute Gasteiger partial charge is 0.400 e. The number of H-pyrrole nitrogens is 2. The lowest BCUT2D eigenvalue weighted by atomic mass is 9.85. The number of nitrogens with one attached hydrogen (secondary N) is 5. The van der Waals surface area contributed by atoms with Crippen LogP contribution in [0.3, 0.4) is 0 Å². The number of hydrogen-bond acceptors (Lipinski definition) is 5. The normalized spacial score (nSPS) is 15.1. The Labute approximate surface area is 187 Å². The number of aromatic amines is 2. The van der Waals surface area contributed by atoms with E-state index in [1.807, 2.05) is 0 Å². The maximum absolute atomic E-state index is 13.2. The third kappa shape index (κ3) is 4.29. The number of hydrogen-bond donors (Lipinski definition) is 5. The molecule has 5 N–H and O–H groups in total. The molecule has 2 aromatic rings. The number of aryl methyl sites for hydroxylation is 1. The van der Waals surface area contributed by atoms with E-state index < -0.39 is 35.4 Å². The molecule has 0 aliphatic heterocycles. The van der Waals surface area contributed by atoms with E-state index in [2.05, 4.69) is 9.97 Å². The predicted octanol–water partition coefficient (Wildman–Crippen LogP) is 2.05. The summed E-state index contributed by atoms with van der Waals surface area (Å²) < 4.78 is 40.9. The third-order valence-corrected chi connectivity index (χ3v) is 5.65. The molecular formula is C20H17F3N6O5. The molecular weight excluding hydrogens is 461 g/mol. The van der Waals surface area contributed by atoms with Gasteiger partial charge < -0.3 is 14.5 Å². The van der Waals surface area contributed by atoms with Crippen molar-refractivity contribution in [3.05, 3.63) is 67.8 Å². The van der Waals surface area contributed by atoms with Crippen molar-refractivity contribution in [2.75, 3.05) is 0 Å². The first-order valence-corrected chi connectivity index (χ1v) is 9.98. The molecule has 178 valence electrons. The van der Waals surface area contributed by atoms with Crippen LogP contribution in [0, 0.1) is 0 Å². The molecule has 0 saturated carbocycles. The fourth-order valence-electron chi connectivity index (χ4n) is 4.21. The highest BCUT2D eigenvalue weighted by molar-refractivity contribution is 5.84. The topological polar surface area (TPSA) is 158 Å². The van der Waals surface area contributed by atoms with Gasteiger partial charge in [-0.15, -0.1) is 13.2 Å². The maximum Gasteiger partial charge on any atom is 0.400 e. The van der Waals surface area contributed by atoms with Crippen molar-refractivity contribution in [2.45, 2.75) is 31.5 Å². The number of allylic oxidation sites excluding steroid dienone is 4. The minimum Gasteiger partial charge on any atom is -0.327 e. The lowest BCUT2D eigenvalue weighted by Gasteiger charge is -2.32. The minimum absolute atomic E-state index is 0.266. The van der Waals surface area contributed by atoms with E-state index >= 15 is 0 Å². The SMILES string of the molecule is O=C(F)NC(NC(=O)F)(NC(=O)F)c1ccn(C2=CC3=C(CC2)CCc2[nH]c(=O)c(=O)[nH]c23)c1. The summed E-state index contributed by atoms with van der Waals surface area (Å²) in [6, 6.07) is 1.20. The molecule has 14 heteroatoms. The summed E-state index contributed by atoms with van der Waals surface area (Å²) in [5.74, 6) is -2.74. The fourth-order valence-corrected chi connectivity index (χ4v) is 4.21. The van der Waals surface area contributed by atoms with E-state index in [1.54, 1.807) is 6.08 Å².